The Morgan fingerprint density at radius 1 is 1.31 bits per heavy atom. The highest BCUT2D eigenvalue weighted by atomic mass is 16.6. The molecule has 1 aliphatic heterocycles. The Bertz CT molecular complexity index is 122. The molecule has 0 spiro atoms. The molecular formula is C10H22N2O. The van der Waals surface area contributed by atoms with Gasteiger partial charge in [-0.2, -0.15) is 0 Å². The summed E-state index contributed by atoms with van der Waals surface area (Å²) >= 11 is 0. The maximum Gasteiger partial charge on any atom is 0.0705 e. The van der Waals surface area contributed by atoms with Crippen LogP contribution in [0.15, 0.2) is 0 Å². The fourth-order valence-corrected chi connectivity index (χ4v) is 1.51. The summed E-state index contributed by atoms with van der Waals surface area (Å²) in [4.78, 5) is 7.76. The summed E-state index contributed by atoms with van der Waals surface area (Å²) in [7, 11) is 0. The molecule has 0 aromatic carbocycles. The van der Waals surface area contributed by atoms with Crippen LogP contribution < -0.4 is 5.48 Å². The standard InChI is InChI=1S/C10H22N2O/c1-10(2)9-13-11-5-8-12-6-3-4-7-12/h10-11H,3-9H2,1-2H3. The molecule has 0 aromatic rings. The second kappa shape index (κ2) is 6.35. The van der Waals surface area contributed by atoms with Crippen LogP contribution in [0, 0.1) is 5.92 Å². The van der Waals surface area contributed by atoms with Crippen LogP contribution in [-0.2, 0) is 4.84 Å². The van der Waals surface area contributed by atoms with E-state index in [4.69, 9.17) is 4.84 Å². The van der Waals surface area contributed by atoms with Crippen LogP contribution in [0.3, 0.4) is 0 Å². The Labute approximate surface area is 81.4 Å². The largest absolute Gasteiger partial charge is 0.302 e. The lowest BCUT2D eigenvalue weighted by Crippen LogP contribution is -2.30. The first-order chi connectivity index (χ1) is 6.29. The molecule has 1 saturated heterocycles. The minimum absolute atomic E-state index is 0.610. The average Bonchev–Trinajstić information content (AvgIpc) is 2.55. The summed E-state index contributed by atoms with van der Waals surface area (Å²) in [6.45, 7) is 9.73. The Kier molecular flexibility index (Phi) is 5.35. The monoisotopic (exact) mass is 186 g/mol. The van der Waals surface area contributed by atoms with E-state index in [1.54, 1.807) is 0 Å². The highest BCUT2D eigenvalue weighted by Gasteiger charge is 2.09. The van der Waals surface area contributed by atoms with Gasteiger partial charge in [-0.3, -0.25) is 0 Å². The van der Waals surface area contributed by atoms with Gasteiger partial charge in [-0.1, -0.05) is 13.8 Å². The lowest BCUT2D eigenvalue weighted by Gasteiger charge is -2.14. The highest BCUT2D eigenvalue weighted by Crippen LogP contribution is 2.05. The summed E-state index contributed by atoms with van der Waals surface area (Å²) in [5.74, 6) is 0.610. The summed E-state index contributed by atoms with van der Waals surface area (Å²) in [6.07, 6.45) is 2.74. The van der Waals surface area contributed by atoms with E-state index in [1.807, 2.05) is 0 Å². The van der Waals surface area contributed by atoms with E-state index < -0.39 is 0 Å². The zero-order valence-corrected chi connectivity index (χ0v) is 8.88. The molecule has 0 bridgehead atoms. The summed E-state index contributed by atoms with van der Waals surface area (Å²) in [6, 6.07) is 0. The van der Waals surface area contributed by atoms with Crippen LogP contribution in [-0.4, -0.2) is 37.7 Å². The Morgan fingerprint density at radius 2 is 2.00 bits per heavy atom. The third-order valence-corrected chi connectivity index (χ3v) is 2.25. The zero-order valence-electron chi connectivity index (χ0n) is 8.88. The molecule has 1 N–H and O–H groups in total. The molecule has 0 aliphatic carbocycles. The van der Waals surface area contributed by atoms with Gasteiger partial charge < -0.3 is 9.74 Å². The molecule has 0 radical (unpaired) electrons. The highest BCUT2D eigenvalue weighted by molar-refractivity contribution is 4.65. The lowest BCUT2D eigenvalue weighted by atomic mass is 10.2. The van der Waals surface area contributed by atoms with Gasteiger partial charge in [0.15, 0.2) is 0 Å². The van der Waals surface area contributed by atoms with Crippen molar-refractivity contribution in [2.24, 2.45) is 5.92 Å². The van der Waals surface area contributed by atoms with Gasteiger partial charge in [0.2, 0.25) is 0 Å². The van der Waals surface area contributed by atoms with Crippen molar-refractivity contribution in [3.05, 3.63) is 0 Å². The molecule has 0 unspecified atom stereocenters. The van der Waals surface area contributed by atoms with Crippen molar-refractivity contribution in [1.82, 2.24) is 10.4 Å². The van der Waals surface area contributed by atoms with Crippen molar-refractivity contribution >= 4 is 0 Å². The zero-order chi connectivity index (χ0) is 9.52. The third-order valence-electron chi connectivity index (χ3n) is 2.25. The molecule has 13 heavy (non-hydrogen) atoms. The van der Waals surface area contributed by atoms with Gasteiger partial charge in [-0.25, -0.2) is 5.48 Å². The SMILES string of the molecule is CC(C)CONCCN1CCCC1. The van der Waals surface area contributed by atoms with E-state index in [0.717, 1.165) is 19.7 Å². The fourth-order valence-electron chi connectivity index (χ4n) is 1.51. The van der Waals surface area contributed by atoms with Crippen LogP contribution >= 0.6 is 0 Å². The minimum atomic E-state index is 0.610. The first kappa shape index (κ1) is 11.0. The number of hydrogen-bond acceptors (Lipinski definition) is 3. The second-order valence-corrected chi connectivity index (χ2v) is 4.15. The predicted molar refractivity (Wildman–Crippen MR) is 54.5 cm³/mol. The lowest BCUT2D eigenvalue weighted by molar-refractivity contribution is 0.0203. The van der Waals surface area contributed by atoms with Crippen molar-refractivity contribution in [2.45, 2.75) is 26.7 Å². The van der Waals surface area contributed by atoms with Crippen LogP contribution in [0.4, 0.5) is 0 Å². The summed E-state index contributed by atoms with van der Waals surface area (Å²) < 4.78 is 0. The average molecular weight is 186 g/mol. The molecule has 0 aromatic heterocycles. The number of nitrogens with one attached hydrogen (secondary N) is 1. The number of rotatable bonds is 6. The van der Waals surface area contributed by atoms with Crippen LogP contribution in [0.1, 0.15) is 26.7 Å². The van der Waals surface area contributed by atoms with Crippen LogP contribution in [0.25, 0.3) is 0 Å². The summed E-state index contributed by atoms with van der Waals surface area (Å²) in [5, 5.41) is 0. The van der Waals surface area contributed by atoms with Crippen LogP contribution in [0.5, 0.6) is 0 Å². The molecular weight excluding hydrogens is 164 g/mol. The summed E-state index contributed by atoms with van der Waals surface area (Å²) in [5.41, 5.74) is 3.00. The van der Waals surface area contributed by atoms with Gasteiger partial charge >= 0.3 is 0 Å². The van der Waals surface area contributed by atoms with Crippen molar-refractivity contribution in [3.63, 3.8) is 0 Å². The molecule has 0 saturated carbocycles. The van der Waals surface area contributed by atoms with Gasteiger partial charge in [-0.15, -0.1) is 0 Å². The second-order valence-electron chi connectivity index (χ2n) is 4.15. The molecule has 1 fully saturated rings. The first-order valence-corrected chi connectivity index (χ1v) is 5.36. The number of likely N-dealkylation sites (tertiary alicyclic amines) is 1. The van der Waals surface area contributed by atoms with Gasteiger partial charge in [0.25, 0.3) is 0 Å². The van der Waals surface area contributed by atoms with Crippen LogP contribution in [0.2, 0.25) is 0 Å². The normalized spacial score (nSPS) is 18.7. The number of hydroxylamine groups is 1. The van der Waals surface area contributed by atoms with E-state index >= 15 is 0 Å². The Morgan fingerprint density at radius 3 is 2.62 bits per heavy atom. The Hall–Kier alpha value is -0.120. The van der Waals surface area contributed by atoms with Crippen molar-refractivity contribution in [2.75, 3.05) is 32.8 Å². The van der Waals surface area contributed by atoms with E-state index in [0.29, 0.717) is 5.92 Å². The van der Waals surface area contributed by atoms with E-state index in [2.05, 4.69) is 24.2 Å². The van der Waals surface area contributed by atoms with E-state index in [1.165, 1.54) is 25.9 Å². The Balaban J connectivity index is 1.83. The first-order valence-electron chi connectivity index (χ1n) is 5.36. The maximum absolute atomic E-state index is 5.28. The van der Waals surface area contributed by atoms with Crippen molar-refractivity contribution in [3.8, 4) is 0 Å². The van der Waals surface area contributed by atoms with Gasteiger partial charge in [0.1, 0.15) is 0 Å². The van der Waals surface area contributed by atoms with Gasteiger partial charge in [0, 0.05) is 13.1 Å². The number of hydrogen-bond donors (Lipinski definition) is 1. The maximum atomic E-state index is 5.28. The topological polar surface area (TPSA) is 24.5 Å². The minimum Gasteiger partial charge on any atom is -0.302 e. The molecule has 1 rings (SSSR count). The van der Waals surface area contributed by atoms with E-state index in [-0.39, 0.29) is 0 Å². The molecule has 3 nitrogen and oxygen atoms in total. The fraction of sp³-hybridized carbons (Fsp3) is 1.00. The molecule has 0 atom stereocenters. The molecule has 1 heterocycles. The van der Waals surface area contributed by atoms with Crippen molar-refractivity contribution < 1.29 is 4.84 Å². The number of nitrogens with zero attached hydrogens (tertiary/aromatic N) is 1. The van der Waals surface area contributed by atoms with E-state index in [9.17, 15) is 0 Å². The smallest absolute Gasteiger partial charge is 0.0705 e. The van der Waals surface area contributed by atoms with Gasteiger partial charge in [0.05, 0.1) is 6.61 Å². The quantitative estimate of drug-likeness (QED) is 0.499. The van der Waals surface area contributed by atoms with Crippen molar-refractivity contribution in [1.29, 1.82) is 0 Å². The third kappa shape index (κ3) is 5.24. The molecule has 0 amide bonds. The molecule has 78 valence electrons. The predicted octanol–water partition coefficient (Wildman–Crippen LogP) is 1.26. The molecule has 1 aliphatic rings. The van der Waals surface area contributed by atoms with Gasteiger partial charge in [-0.05, 0) is 31.8 Å². The molecule has 3 heteroatoms.